The van der Waals surface area contributed by atoms with E-state index in [1.807, 2.05) is 0 Å². The Bertz CT molecular complexity index is 400. The monoisotopic (exact) mass is 259 g/mol. The molecular weight excluding hydrogens is 234 g/mol. The highest BCUT2D eigenvalue weighted by molar-refractivity contribution is 5.27. The number of fused-ring (bicyclic) bond motifs is 2. The van der Waals surface area contributed by atoms with E-state index in [-0.39, 0.29) is 0 Å². The van der Waals surface area contributed by atoms with Gasteiger partial charge in [0.1, 0.15) is 5.75 Å². The predicted molar refractivity (Wildman–Crippen MR) is 78.3 cm³/mol. The van der Waals surface area contributed by atoms with Crippen molar-refractivity contribution < 1.29 is 4.74 Å². The lowest BCUT2D eigenvalue weighted by Crippen LogP contribution is -2.33. The van der Waals surface area contributed by atoms with E-state index in [0.717, 1.165) is 43.2 Å². The molecule has 1 N–H and O–H groups in total. The van der Waals surface area contributed by atoms with Crippen molar-refractivity contribution in [2.75, 3.05) is 6.61 Å². The lowest BCUT2D eigenvalue weighted by atomic mass is 9.95. The summed E-state index contributed by atoms with van der Waals surface area (Å²) in [5, 5.41) is 3.75. The fraction of sp³-hybridized carbons (Fsp3) is 0.647. The molecule has 0 spiro atoms. The quantitative estimate of drug-likeness (QED) is 0.840. The molecule has 0 amide bonds. The Labute approximate surface area is 116 Å². The molecule has 3 unspecified atom stereocenters. The molecule has 2 heteroatoms. The van der Waals surface area contributed by atoms with Crippen molar-refractivity contribution in [3.05, 3.63) is 29.8 Å². The zero-order chi connectivity index (χ0) is 13.1. The third-order valence-electron chi connectivity index (χ3n) is 4.70. The highest BCUT2D eigenvalue weighted by Gasteiger charge is 2.38. The molecule has 0 radical (unpaired) electrons. The second kappa shape index (κ2) is 5.96. The summed E-state index contributed by atoms with van der Waals surface area (Å²) in [6, 6.07) is 9.33. The van der Waals surface area contributed by atoms with Gasteiger partial charge in [-0.15, -0.1) is 0 Å². The normalized spacial score (nSPS) is 28.8. The van der Waals surface area contributed by atoms with Crippen LogP contribution in [0.3, 0.4) is 0 Å². The maximum Gasteiger partial charge on any atom is 0.119 e. The molecule has 2 fully saturated rings. The van der Waals surface area contributed by atoms with Gasteiger partial charge in [0.15, 0.2) is 0 Å². The van der Waals surface area contributed by atoms with E-state index >= 15 is 0 Å². The Morgan fingerprint density at radius 2 is 2.00 bits per heavy atom. The molecule has 3 rings (SSSR count). The van der Waals surface area contributed by atoms with Gasteiger partial charge in [-0.25, -0.2) is 0 Å². The van der Waals surface area contributed by atoms with Crippen LogP contribution in [0.25, 0.3) is 0 Å². The molecule has 2 aliphatic rings. The van der Waals surface area contributed by atoms with Crippen LogP contribution in [0.1, 0.15) is 44.6 Å². The van der Waals surface area contributed by atoms with Gasteiger partial charge in [0, 0.05) is 12.6 Å². The zero-order valence-electron chi connectivity index (χ0n) is 11.9. The van der Waals surface area contributed by atoms with Gasteiger partial charge in [-0.3, -0.25) is 0 Å². The van der Waals surface area contributed by atoms with Crippen LogP contribution in [0.15, 0.2) is 24.3 Å². The second-order valence-electron chi connectivity index (χ2n) is 6.15. The smallest absolute Gasteiger partial charge is 0.119 e. The summed E-state index contributed by atoms with van der Waals surface area (Å²) in [6.45, 7) is 3.94. The molecule has 1 aromatic rings. The van der Waals surface area contributed by atoms with Gasteiger partial charge in [0.2, 0.25) is 0 Å². The predicted octanol–water partition coefficient (Wildman–Crippen LogP) is 3.75. The largest absolute Gasteiger partial charge is 0.494 e. The fourth-order valence-electron chi connectivity index (χ4n) is 3.67. The van der Waals surface area contributed by atoms with E-state index in [4.69, 9.17) is 4.74 Å². The summed E-state index contributed by atoms with van der Waals surface area (Å²) in [6.07, 6.45) is 6.87. The van der Waals surface area contributed by atoms with E-state index in [1.54, 1.807) is 0 Å². The minimum absolute atomic E-state index is 0.773. The molecule has 0 heterocycles. The Morgan fingerprint density at radius 1 is 1.16 bits per heavy atom. The molecule has 19 heavy (non-hydrogen) atoms. The summed E-state index contributed by atoms with van der Waals surface area (Å²) in [4.78, 5) is 0. The van der Waals surface area contributed by atoms with E-state index < -0.39 is 0 Å². The highest BCUT2D eigenvalue weighted by atomic mass is 16.5. The lowest BCUT2D eigenvalue weighted by molar-refractivity contribution is 0.317. The van der Waals surface area contributed by atoms with Crippen molar-refractivity contribution in [1.82, 2.24) is 5.32 Å². The Kier molecular flexibility index (Phi) is 4.07. The average molecular weight is 259 g/mol. The van der Waals surface area contributed by atoms with Crippen LogP contribution in [0.2, 0.25) is 0 Å². The van der Waals surface area contributed by atoms with Crippen molar-refractivity contribution in [1.29, 1.82) is 0 Å². The molecule has 2 saturated carbocycles. The van der Waals surface area contributed by atoms with Gasteiger partial charge >= 0.3 is 0 Å². The van der Waals surface area contributed by atoms with E-state index in [9.17, 15) is 0 Å². The second-order valence-corrected chi connectivity index (χ2v) is 6.15. The molecule has 0 saturated heterocycles. The van der Waals surface area contributed by atoms with Gasteiger partial charge in [-0.1, -0.05) is 25.5 Å². The first-order valence-corrected chi connectivity index (χ1v) is 7.80. The Hall–Kier alpha value is -1.02. The fourth-order valence-corrected chi connectivity index (χ4v) is 3.67. The topological polar surface area (TPSA) is 21.3 Å². The first-order chi connectivity index (χ1) is 9.35. The summed E-state index contributed by atoms with van der Waals surface area (Å²) in [5.74, 6) is 2.97. The van der Waals surface area contributed by atoms with Crippen LogP contribution < -0.4 is 10.1 Å². The van der Waals surface area contributed by atoms with Crippen LogP contribution in [0, 0.1) is 11.8 Å². The standard InChI is InChI=1S/C17H25NO/c1-2-9-19-16-7-4-13(5-8-16)12-18-17-11-14-3-6-15(17)10-14/h4-5,7-8,14-15,17-18H,2-3,6,9-12H2,1H3. The SMILES string of the molecule is CCCOc1ccc(CNC2CC3CCC2C3)cc1. The minimum Gasteiger partial charge on any atom is -0.494 e. The van der Waals surface area contributed by atoms with Crippen molar-refractivity contribution in [3.63, 3.8) is 0 Å². The Balaban J connectivity index is 1.47. The number of hydrogen-bond acceptors (Lipinski definition) is 2. The maximum atomic E-state index is 5.61. The van der Waals surface area contributed by atoms with E-state index in [0.29, 0.717) is 0 Å². The molecule has 0 aliphatic heterocycles. The number of hydrogen-bond donors (Lipinski definition) is 1. The molecule has 104 valence electrons. The maximum absolute atomic E-state index is 5.61. The minimum atomic E-state index is 0.773. The molecule has 3 atom stereocenters. The van der Waals surface area contributed by atoms with Crippen LogP contribution in [-0.4, -0.2) is 12.6 Å². The van der Waals surface area contributed by atoms with Gasteiger partial charge in [-0.05, 0) is 55.2 Å². The number of ether oxygens (including phenoxy) is 1. The summed E-state index contributed by atoms with van der Waals surface area (Å²) in [7, 11) is 0. The number of benzene rings is 1. The summed E-state index contributed by atoms with van der Waals surface area (Å²) >= 11 is 0. The summed E-state index contributed by atoms with van der Waals surface area (Å²) in [5.41, 5.74) is 1.37. The van der Waals surface area contributed by atoms with Gasteiger partial charge < -0.3 is 10.1 Å². The molecule has 2 nitrogen and oxygen atoms in total. The first-order valence-electron chi connectivity index (χ1n) is 7.80. The zero-order valence-corrected chi connectivity index (χ0v) is 11.9. The molecule has 1 aromatic carbocycles. The van der Waals surface area contributed by atoms with Crippen LogP contribution in [-0.2, 0) is 6.54 Å². The molecular formula is C17H25NO. The van der Waals surface area contributed by atoms with Crippen LogP contribution in [0.4, 0.5) is 0 Å². The van der Waals surface area contributed by atoms with Crippen molar-refractivity contribution in [3.8, 4) is 5.75 Å². The molecule has 0 aromatic heterocycles. The lowest BCUT2D eigenvalue weighted by Gasteiger charge is -2.23. The van der Waals surface area contributed by atoms with Crippen molar-refractivity contribution in [2.45, 2.75) is 51.6 Å². The molecule has 2 aliphatic carbocycles. The van der Waals surface area contributed by atoms with Gasteiger partial charge in [-0.2, -0.15) is 0 Å². The number of rotatable bonds is 6. The van der Waals surface area contributed by atoms with Crippen LogP contribution >= 0.6 is 0 Å². The third kappa shape index (κ3) is 3.11. The average Bonchev–Trinajstić information content (AvgIpc) is 3.06. The molecule has 2 bridgehead atoms. The van der Waals surface area contributed by atoms with Crippen LogP contribution in [0.5, 0.6) is 5.75 Å². The number of nitrogens with one attached hydrogen (secondary N) is 1. The van der Waals surface area contributed by atoms with E-state index in [2.05, 4.69) is 36.5 Å². The highest BCUT2D eigenvalue weighted by Crippen LogP contribution is 2.44. The van der Waals surface area contributed by atoms with Gasteiger partial charge in [0.05, 0.1) is 6.61 Å². The summed E-state index contributed by atoms with van der Waals surface area (Å²) < 4.78 is 5.61. The third-order valence-corrected chi connectivity index (χ3v) is 4.70. The Morgan fingerprint density at radius 3 is 2.63 bits per heavy atom. The van der Waals surface area contributed by atoms with E-state index in [1.165, 1.54) is 31.2 Å². The van der Waals surface area contributed by atoms with Crippen molar-refractivity contribution >= 4 is 0 Å². The van der Waals surface area contributed by atoms with Crippen molar-refractivity contribution in [2.24, 2.45) is 11.8 Å². The van der Waals surface area contributed by atoms with Gasteiger partial charge in [0.25, 0.3) is 0 Å². The first kappa shape index (κ1) is 13.0.